The van der Waals surface area contributed by atoms with E-state index >= 15 is 0 Å². The number of tetrazole rings is 1. The summed E-state index contributed by atoms with van der Waals surface area (Å²) in [5, 5.41) is 14.2. The van der Waals surface area contributed by atoms with Crippen LogP contribution >= 0.6 is 11.6 Å². The van der Waals surface area contributed by atoms with E-state index in [1.165, 1.54) is 18.1 Å². The van der Waals surface area contributed by atoms with Crippen LogP contribution in [0.4, 0.5) is 5.69 Å². The highest BCUT2D eigenvalue weighted by Gasteiger charge is 2.12. The second kappa shape index (κ2) is 6.45. The maximum Gasteiger partial charge on any atom is 0.257 e. The number of methoxy groups -OCH3 is 1. The van der Waals surface area contributed by atoms with Crippen molar-refractivity contribution < 1.29 is 9.53 Å². The number of nitrogens with zero attached hydrogens (tertiary/aromatic N) is 4. The highest BCUT2D eigenvalue weighted by Crippen LogP contribution is 2.26. The number of benzene rings is 2. The van der Waals surface area contributed by atoms with Gasteiger partial charge in [0.15, 0.2) is 0 Å². The number of aromatic nitrogens is 4. The number of nitrogens with one attached hydrogen (secondary N) is 1. The minimum atomic E-state index is -0.298. The van der Waals surface area contributed by atoms with Crippen LogP contribution in [0.5, 0.6) is 5.75 Å². The first kappa shape index (κ1) is 15.0. The third kappa shape index (κ3) is 3.14. The van der Waals surface area contributed by atoms with Gasteiger partial charge in [0.05, 0.1) is 17.7 Å². The summed E-state index contributed by atoms with van der Waals surface area (Å²) >= 11 is 6.03. The Balaban J connectivity index is 1.87. The third-order valence-corrected chi connectivity index (χ3v) is 3.48. The van der Waals surface area contributed by atoms with Gasteiger partial charge in [-0.1, -0.05) is 23.7 Å². The summed E-state index contributed by atoms with van der Waals surface area (Å²) < 4.78 is 6.80. The van der Waals surface area contributed by atoms with Gasteiger partial charge in [-0.2, -0.15) is 4.68 Å². The van der Waals surface area contributed by atoms with Crippen LogP contribution in [0.25, 0.3) is 5.69 Å². The molecular formula is C15H12ClN5O2. The Morgan fingerprint density at radius 2 is 2.09 bits per heavy atom. The van der Waals surface area contributed by atoms with E-state index in [4.69, 9.17) is 16.3 Å². The lowest BCUT2D eigenvalue weighted by Gasteiger charge is -2.11. The molecule has 0 spiro atoms. The van der Waals surface area contributed by atoms with Crippen molar-refractivity contribution in [1.82, 2.24) is 20.2 Å². The van der Waals surface area contributed by atoms with Crippen molar-refractivity contribution in [3.63, 3.8) is 0 Å². The SMILES string of the molecule is COc1cc(NC(=O)c2ccccc2Cl)ccc1-n1cnnn1. The van der Waals surface area contributed by atoms with Crippen molar-refractivity contribution >= 4 is 23.2 Å². The van der Waals surface area contributed by atoms with Crippen LogP contribution in [0.2, 0.25) is 5.02 Å². The van der Waals surface area contributed by atoms with E-state index in [1.54, 1.807) is 42.5 Å². The molecule has 1 amide bonds. The van der Waals surface area contributed by atoms with E-state index in [1.807, 2.05) is 0 Å². The van der Waals surface area contributed by atoms with Crippen molar-refractivity contribution in [3.05, 3.63) is 59.4 Å². The number of hydrogen-bond acceptors (Lipinski definition) is 5. The van der Waals surface area contributed by atoms with Crippen LogP contribution in [0.1, 0.15) is 10.4 Å². The molecule has 1 aromatic heterocycles. The van der Waals surface area contributed by atoms with Crippen LogP contribution in [0.3, 0.4) is 0 Å². The van der Waals surface area contributed by atoms with E-state index in [0.29, 0.717) is 27.7 Å². The van der Waals surface area contributed by atoms with Crippen molar-refractivity contribution in [2.45, 2.75) is 0 Å². The Morgan fingerprint density at radius 1 is 1.26 bits per heavy atom. The zero-order chi connectivity index (χ0) is 16.2. The number of anilines is 1. The molecule has 0 aliphatic heterocycles. The van der Waals surface area contributed by atoms with Gasteiger partial charge in [-0.05, 0) is 34.7 Å². The smallest absolute Gasteiger partial charge is 0.257 e. The third-order valence-electron chi connectivity index (χ3n) is 3.15. The summed E-state index contributed by atoms with van der Waals surface area (Å²) in [6.45, 7) is 0. The number of amides is 1. The molecule has 116 valence electrons. The van der Waals surface area contributed by atoms with Crippen LogP contribution in [-0.2, 0) is 0 Å². The average molecular weight is 330 g/mol. The molecule has 8 heteroatoms. The zero-order valence-electron chi connectivity index (χ0n) is 12.1. The van der Waals surface area contributed by atoms with E-state index in [0.717, 1.165) is 0 Å². The minimum Gasteiger partial charge on any atom is -0.494 e. The van der Waals surface area contributed by atoms with Gasteiger partial charge in [0, 0.05) is 11.8 Å². The molecule has 1 N–H and O–H groups in total. The largest absolute Gasteiger partial charge is 0.494 e. The zero-order valence-corrected chi connectivity index (χ0v) is 12.9. The molecule has 7 nitrogen and oxygen atoms in total. The van der Waals surface area contributed by atoms with Crippen molar-refractivity contribution in [2.24, 2.45) is 0 Å². The van der Waals surface area contributed by atoms with E-state index in [2.05, 4.69) is 20.8 Å². The van der Waals surface area contributed by atoms with Crippen molar-refractivity contribution in [2.75, 3.05) is 12.4 Å². The van der Waals surface area contributed by atoms with E-state index in [-0.39, 0.29) is 5.91 Å². The second-order valence-corrected chi connectivity index (χ2v) is 4.98. The summed E-state index contributed by atoms with van der Waals surface area (Å²) in [6, 6.07) is 12.0. The molecule has 2 aromatic carbocycles. The van der Waals surface area contributed by atoms with Crippen LogP contribution < -0.4 is 10.1 Å². The fourth-order valence-corrected chi connectivity index (χ4v) is 2.28. The lowest BCUT2D eigenvalue weighted by atomic mass is 10.2. The highest BCUT2D eigenvalue weighted by atomic mass is 35.5. The first-order chi connectivity index (χ1) is 11.2. The van der Waals surface area contributed by atoms with Gasteiger partial charge in [-0.15, -0.1) is 5.10 Å². The molecule has 1 heterocycles. The van der Waals surface area contributed by atoms with Gasteiger partial charge in [0.1, 0.15) is 17.8 Å². The Labute approximate surface area is 136 Å². The molecular weight excluding hydrogens is 318 g/mol. The summed E-state index contributed by atoms with van der Waals surface area (Å²) in [4.78, 5) is 12.3. The summed E-state index contributed by atoms with van der Waals surface area (Å²) in [7, 11) is 1.53. The summed E-state index contributed by atoms with van der Waals surface area (Å²) in [5.74, 6) is 0.224. The van der Waals surface area contributed by atoms with Crippen LogP contribution in [0, 0.1) is 0 Å². The standard InChI is InChI=1S/C15H12ClN5O2/c1-23-14-8-10(6-7-13(14)21-9-17-19-20-21)18-15(22)11-4-2-3-5-12(11)16/h2-9H,1H3,(H,18,22). The molecule has 3 aromatic rings. The molecule has 0 saturated carbocycles. The Morgan fingerprint density at radius 3 is 2.78 bits per heavy atom. The maximum absolute atomic E-state index is 12.3. The first-order valence-corrected chi connectivity index (χ1v) is 7.04. The maximum atomic E-state index is 12.3. The van der Waals surface area contributed by atoms with Gasteiger partial charge in [0.2, 0.25) is 0 Å². The number of halogens is 1. The summed E-state index contributed by atoms with van der Waals surface area (Å²) in [5.41, 5.74) is 1.63. The van der Waals surface area contributed by atoms with Gasteiger partial charge < -0.3 is 10.1 Å². The fraction of sp³-hybridized carbons (Fsp3) is 0.0667. The molecule has 0 fully saturated rings. The lowest BCUT2D eigenvalue weighted by molar-refractivity contribution is 0.102. The van der Waals surface area contributed by atoms with E-state index < -0.39 is 0 Å². The Hall–Kier alpha value is -2.93. The van der Waals surface area contributed by atoms with Crippen molar-refractivity contribution in [1.29, 1.82) is 0 Å². The number of rotatable bonds is 4. The lowest BCUT2D eigenvalue weighted by Crippen LogP contribution is -2.12. The average Bonchev–Trinajstić information content (AvgIpc) is 3.09. The van der Waals surface area contributed by atoms with Gasteiger partial charge in [0.25, 0.3) is 5.91 Å². The normalized spacial score (nSPS) is 10.3. The molecule has 3 rings (SSSR count). The van der Waals surface area contributed by atoms with Gasteiger partial charge in [-0.3, -0.25) is 4.79 Å². The predicted octanol–water partition coefficient (Wildman–Crippen LogP) is 2.58. The first-order valence-electron chi connectivity index (χ1n) is 6.66. The van der Waals surface area contributed by atoms with Crippen molar-refractivity contribution in [3.8, 4) is 11.4 Å². The second-order valence-electron chi connectivity index (χ2n) is 4.57. The molecule has 0 radical (unpaired) electrons. The molecule has 0 unspecified atom stereocenters. The highest BCUT2D eigenvalue weighted by molar-refractivity contribution is 6.34. The van der Waals surface area contributed by atoms with E-state index in [9.17, 15) is 4.79 Å². The Bertz CT molecular complexity index is 836. The molecule has 23 heavy (non-hydrogen) atoms. The number of ether oxygens (including phenoxy) is 1. The number of hydrogen-bond donors (Lipinski definition) is 1. The molecule has 0 aliphatic carbocycles. The Kier molecular flexibility index (Phi) is 4.20. The minimum absolute atomic E-state index is 0.298. The molecule has 0 saturated heterocycles. The predicted molar refractivity (Wildman–Crippen MR) is 85.1 cm³/mol. The van der Waals surface area contributed by atoms with Gasteiger partial charge in [-0.25, -0.2) is 0 Å². The summed E-state index contributed by atoms with van der Waals surface area (Å²) in [6.07, 6.45) is 1.46. The van der Waals surface area contributed by atoms with Gasteiger partial charge >= 0.3 is 0 Å². The monoisotopic (exact) mass is 329 g/mol. The molecule has 0 atom stereocenters. The van der Waals surface area contributed by atoms with Crippen LogP contribution in [-0.4, -0.2) is 33.2 Å². The number of carbonyl (C=O) groups excluding carboxylic acids is 1. The number of carbonyl (C=O) groups is 1. The fourth-order valence-electron chi connectivity index (χ4n) is 2.06. The quantitative estimate of drug-likeness (QED) is 0.795. The topological polar surface area (TPSA) is 81.9 Å². The van der Waals surface area contributed by atoms with Crippen LogP contribution in [0.15, 0.2) is 48.8 Å². The molecule has 0 aliphatic rings. The molecule has 0 bridgehead atoms.